The van der Waals surface area contributed by atoms with Crippen LogP contribution in [0, 0.1) is 5.82 Å². The predicted octanol–water partition coefficient (Wildman–Crippen LogP) is 5.07. The van der Waals surface area contributed by atoms with Crippen molar-refractivity contribution in [3.8, 4) is 5.75 Å². The second kappa shape index (κ2) is 13.6. The molecule has 1 aromatic heterocycles. The molecular formula is C31H34FN3O4. The Balaban J connectivity index is 1.54. The van der Waals surface area contributed by atoms with Crippen LogP contribution in [0.25, 0.3) is 10.9 Å². The molecule has 0 saturated heterocycles. The minimum Gasteiger partial charge on any atom is -0.494 e. The lowest BCUT2D eigenvalue weighted by atomic mass is 10.1. The Morgan fingerprint density at radius 1 is 0.949 bits per heavy atom. The van der Waals surface area contributed by atoms with E-state index in [1.165, 1.54) is 30.2 Å². The van der Waals surface area contributed by atoms with Crippen molar-refractivity contribution >= 4 is 22.7 Å². The van der Waals surface area contributed by atoms with Gasteiger partial charge in [-0.05, 0) is 60.9 Å². The molecule has 1 N–H and O–H groups in total. The first kappa shape index (κ1) is 27.9. The molecule has 204 valence electrons. The number of methoxy groups -OCH3 is 1. The van der Waals surface area contributed by atoms with Crippen molar-refractivity contribution in [2.24, 2.45) is 0 Å². The van der Waals surface area contributed by atoms with Gasteiger partial charge in [0.1, 0.15) is 18.1 Å². The fourth-order valence-corrected chi connectivity index (χ4v) is 4.49. The van der Waals surface area contributed by atoms with Gasteiger partial charge in [-0.15, -0.1) is 0 Å². The molecule has 0 spiro atoms. The van der Waals surface area contributed by atoms with Crippen LogP contribution in [0.2, 0.25) is 0 Å². The van der Waals surface area contributed by atoms with Crippen molar-refractivity contribution in [2.75, 3.05) is 40.0 Å². The zero-order chi connectivity index (χ0) is 27.6. The number of aromatic amines is 1. The van der Waals surface area contributed by atoms with Gasteiger partial charge in [-0.1, -0.05) is 36.4 Å². The molecule has 0 bridgehead atoms. The van der Waals surface area contributed by atoms with Crippen LogP contribution in [-0.2, 0) is 22.5 Å². The first-order valence-corrected chi connectivity index (χ1v) is 13.1. The van der Waals surface area contributed by atoms with Gasteiger partial charge in [-0.2, -0.15) is 0 Å². The number of H-pyrrole nitrogens is 1. The Hall–Kier alpha value is -4.17. The quantitative estimate of drug-likeness (QED) is 0.262. The summed E-state index contributed by atoms with van der Waals surface area (Å²) >= 11 is 0. The highest BCUT2D eigenvalue weighted by molar-refractivity contribution is 5.96. The third-order valence-corrected chi connectivity index (χ3v) is 6.54. The highest BCUT2D eigenvalue weighted by Gasteiger charge is 2.23. The average Bonchev–Trinajstić information content (AvgIpc) is 3.37. The van der Waals surface area contributed by atoms with Crippen LogP contribution in [0.4, 0.5) is 4.39 Å². The molecule has 0 aliphatic heterocycles. The monoisotopic (exact) mass is 531 g/mol. The predicted molar refractivity (Wildman–Crippen MR) is 149 cm³/mol. The van der Waals surface area contributed by atoms with Gasteiger partial charge in [0, 0.05) is 49.4 Å². The molecule has 0 aliphatic carbocycles. The third kappa shape index (κ3) is 7.45. The number of para-hydroxylation sites is 1. The number of ether oxygens (including phenoxy) is 2. The molecular weight excluding hydrogens is 497 g/mol. The van der Waals surface area contributed by atoms with Crippen molar-refractivity contribution in [3.63, 3.8) is 0 Å². The smallest absolute Gasteiger partial charge is 0.254 e. The molecule has 0 atom stereocenters. The molecule has 39 heavy (non-hydrogen) atoms. The van der Waals surface area contributed by atoms with Gasteiger partial charge < -0.3 is 24.3 Å². The van der Waals surface area contributed by atoms with E-state index in [0.717, 1.165) is 27.8 Å². The zero-order valence-corrected chi connectivity index (χ0v) is 22.4. The number of amides is 2. The minimum absolute atomic E-state index is 0.149. The van der Waals surface area contributed by atoms with E-state index in [0.29, 0.717) is 26.1 Å². The minimum atomic E-state index is -0.505. The number of hydrogen-bond donors (Lipinski definition) is 1. The Morgan fingerprint density at radius 2 is 1.74 bits per heavy atom. The Morgan fingerprint density at radius 3 is 2.49 bits per heavy atom. The summed E-state index contributed by atoms with van der Waals surface area (Å²) in [4.78, 5) is 33.4. The van der Waals surface area contributed by atoms with Gasteiger partial charge in [0.25, 0.3) is 5.91 Å². The van der Waals surface area contributed by atoms with Gasteiger partial charge in [-0.25, -0.2) is 4.39 Å². The number of carbonyl (C=O) groups excluding carboxylic acids is 2. The first-order chi connectivity index (χ1) is 19.0. The standard InChI is InChI=1S/C31H34FN3O4/c1-3-39-27-13-11-23(12-14-27)21-34(16-15-25-20-33-29-10-5-4-9-28(25)29)30(36)22-35(17-18-38-2)31(37)24-7-6-8-26(32)19-24/h4-14,19-20,33H,3,15-18,21-22H2,1-2H3. The number of nitrogens with zero attached hydrogens (tertiary/aromatic N) is 2. The second-order valence-electron chi connectivity index (χ2n) is 9.23. The van der Waals surface area contributed by atoms with Gasteiger partial charge in [0.15, 0.2) is 0 Å². The molecule has 0 unspecified atom stereocenters. The maximum atomic E-state index is 13.8. The number of nitrogens with one attached hydrogen (secondary N) is 1. The van der Waals surface area contributed by atoms with Crippen LogP contribution in [0.5, 0.6) is 5.75 Å². The van der Waals surface area contributed by atoms with E-state index in [1.807, 2.05) is 55.6 Å². The molecule has 0 saturated carbocycles. The Labute approximate surface area is 228 Å². The lowest BCUT2D eigenvalue weighted by molar-refractivity contribution is -0.132. The van der Waals surface area contributed by atoms with Gasteiger partial charge >= 0.3 is 0 Å². The van der Waals surface area contributed by atoms with Crippen molar-refractivity contribution in [3.05, 3.63) is 102 Å². The summed E-state index contributed by atoms with van der Waals surface area (Å²) in [6.07, 6.45) is 2.62. The Kier molecular flexibility index (Phi) is 9.69. The van der Waals surface area contributed by atoms with Crippen molar-refractivity contribution < 1.29 is 23.5 Å². The number of rotatable bonds is 13. The molecule has 0 aliphatic rings. The van der Waals surface area contributed by atoms with Crippen molar-refractivity contribution in [1.29, 1.82) is 0 Å². The SMILES string of the molecule is CCOc1ccc(CN(CCc2c[nH]c3ccccc23)C(=O)CN(CCOC)C(=O)c2cccc(F)c2)cc1. The van der Waals surface area contributed by atoms with E-state index < -0.39 is 11.7 Å². The highest BCUT2D eigenvalue weighted by atomic mass is 19.1. The van der Waals surface area contributed by atoms with Crippen LogP contribution < -0.4 is 4.74 Å². The second-order valence-corrected chi connectivity index (χ2v) is 9.23. The lowest BCUT2D eigenvalue weighted by Gasteiger charge is -2.28. The zero-order valence-electron chi connectivity index (χ0n) is 22.4. The molecule has 8 heteroatoms. The van der Waals surface area contributed by atoms with E-state index in [4.69, 9.17) is 9.47 Å². The number of aromatic nitrogens is 1. The average molecular weight is 532 g/mol. The molecule has 3 aromatic carbocycles. The fraction of sp³-hybridized carbons (Fsp3) is 0.290. The maximum absolute atomic E-state index is 13.8. The van der Waals surface area contributed by atoms with E-state index in [-0.39, 0.29) is 31.2 Å². The topological polar surface area (TPSA) is 74.9 Å². The summed E-state index contributed by atoms with van der Waals surface area (Å²) in [7, 11) is 1.53. The summed E-state index contributed by atoms with van der Waals surface area (Å²) in [5, 5.41) is 1.12. The maximum Gasteiger partial charge on any atom is 0.254 e. The number of halogens is 1. The lowest BCUT2D eigenvalue weighted by Crippen LogP contribution is -2.44. The molecule has 1 heterocycles. The van der Waals surface area contributed by atoms with Crippen LogP contribution in [0.15, 0.2) is 79.0 Å². The number of carbonyl (C=O) groups is 2. The van der Waals surface area contributed by atoms with Crippen molar-refractivity contribution in [1.82, 2.24) is 14.8 Å². The Bertz CT molecular complexity index is 1390. The van der Waals surface area contributed by atoms with Gasteiger partial charge in [0.05, 0.1) is 13.2 Å². The summed E-state index contributed by atoms with van der Waals surface area (Å²) in [5.41, 5.74) is 3.30. The third-order valence-electron chi connectivity index (χ3n) is 6.54. The molecule has 7 nitrogen and oxygen atoms in total. The fourth-order valence-electron chi connectivity index (χ4n) is 4.49. The normalized spacial score (nSPS) is 10.9. The van der Waals surface area contributed by atoms with E-state index in [1.54, 1.807) is 11.0 Å². The number of fused-ring (bicyclic) bond motifs is 1. The molecule has 2 amide bonds. The van der Waals surface area contributed by atoms with Crippen molar-refractivity contribution in [2.45, 2.75) is 19.9 Å². The van der Waals surface area contributed by atoms with E-state index >= 15 is 0 Å². The summed E-state index contributed by atoms with van der Waals surface area (Å²) in [5.74, 6) is -0.360. The molecule has 4 rings (SSSR count). The van der Waals surface area contributed by atoms with Crippen LogP contribution in [-0.4, -0.2) is 66.6 Å². The molecule has 0 fully saturated rings. The summed E-state index contributed by atoms with van der Waals surface area (Å²) in [6, 6.07) is 21.2. The molecule has 0 radical (unpaired) electrons. The summed E-state index contributed by atoms with van der Waals surface area (Å²) in [6.45, 7) is 3.65. The molecule has 4 aromatic rings. The van der Waals surface area contributed by atoms with Gasteiger partial charge in [0.2, 0.25) is 5.91 Å². The van der Waals surface area contributed by atoms with Crippen LogP contribution in [0.1, 0.15) is 28.4 Å². The number of benzene rings is 3. The van der Waals surface area contributed by atoms with E-state index in [2.05, 4.69) is 11.1 Å². The number of hydrogen-bond acceptors (Lipinski definition) is 4. The first-order valence-electron chi connectivity index (χ1n) is 13.1. The summed E-state index contributed by atoms with van der Waals surface area (Å²) < 4.78 is 24.5. The highest BCUT2D eigenvalue weighted by Crippen LogP contribution is 2.20. The van der Waals surface area contributed by atoms with E-state index in [9.17, 15) is 14.0 Å². The van der Waals surface area contributed by atoms with Gasteiger partial charge in [-0.3, -0.25) is 9.59 Å². The van der Waals surface area contributed by atoms with Crippen LogP contribution >= 0.6 is 0 Å². The van der Waals surface area contributed by atoms with Crippen LogP contribution in [0.3, 0.4) is 0 Å². The largest absolute Gasteiger partial charge is 0.494 e.